The van der Waals surface area contributed by atoms with Crippen molar-refractivity contribution in [1.29, 1.82) is 0 Å². The van der Waals surface area contributed by atoms with Gasteiger partial charge in [0, 0.05) is 26.2 Å². The van der Waals surface area contributed by atoms with E-state index < -0.39 is 5.91 Å². The summed E-state index contributed by atoms with van der Waals surface area (Å²) in [6.07, 6.45) is 4.78. The number of anilines is 3. The third-order valence-corrected chi connectivity index (χ3v) is 5.20. The van der Waals surface area contributed by atoms with Crippen LogP contribution in [0, 0.1) is 0 Å². The number of hydrogen-bond acceptors (Lipinski definition) is 8. The molecule has 1 aliphatic rings. The fourth-order valence-corrected chi connectivity index (χ4v) is 3.62. The summed E-state index contributed by atoms with van der Waals surface area (Å²) < 4.78 is 7.23. The first kappa shape index (κ1) is 22.7. The molecule has 3 heterocycles. The number of likely N-dealkylation sites (tertiary alicyclic amines) is 1. The number of benzene rings is 1. The summed E-state index contributed by atoms with van der Waals surface area (Å²) in [6, 6.07) is 6.71. The molecule has 3 aromatic rings. The summed E-state index contributed by atoms with van der Waals surface area (Å²) >= 11 is 0. The lowest BCUT2D eigenvalue weighted by atomic mass is 10.1. The molecule has 176 valence electrons. The van der Waals surface area contributed by atoms with Gasteiger partial charge in [0.1, 0.15) is 6.33 Å². The molecule has 0 radical (unpaired) electrons. The van der Waals surface area contributed by atoms with Crippen molar-refractivity contribution in [2.45, 2.75) is 12.8 Å². The van der Waals surface area contributed by atoms with Gasteiger partial charge in [0.2, 0.25) is 0 Å². The van der Waals surface area contributed by atoms with Gasteiger partial charge in [-0.15, -0.1) is 10.2 Å². The Morgan fingerprint density at radius 2 is 1.97 bits per heavy atom. The second kappa shape index (κ2) is 9.98. The molecular formula is C22H25N9O3. The summed E-state index contributed by atoms with van der Waals surface area (Å²) in [5.74, 6) is 0.655. The number of rotatable bonds is 7. The van der Waals surface area contributed by atoms with Crippen molar-refractivity contribution in [2.75, 3.05) is 30.8 Å². The van der Waals surface area contributed by atoms with E-state index in [1.54, 1.807) is 35.1 Å². The molecule has 1 saturated heterocycles. The topological polar surface area (TPSA) is 139 Å². The number of carbonyl (C=O) groups excluding carboxylic acids is 2. The maximum absolute atomic E-state index is 12.6. The number of hydrogen-bond donors (Lipinski definition) is 3. The molecule has 3 amide bonds. The van der Waals surface area contributed by atoms with Crippen LogP contribution in [0.15, 0.2) is 43.4 Å². The maximum atomic E-state index is 12.6. The third-order valence-electron chi connectivity index (χ3n) is 5.20. The minimum absolute atomic E-state index is 0.0162. The lowest BCUT2D eigenvalue weighted by Crippen LogP contribution is -2.32. The average molecular weight is 464 g/mol. The fraction of sp³-hybridized carbons (Fsp3) is 0.273. The second-order valence-electron chi connectivity index (χ2n) is 7.55. The third kappa shape index (κ3) is 4.80. The van der Waals surface area contributed by atoms with Crippen molar-refractivity contribution in [3.05, 3.63) is 49.1 Å². The van der Waals surface area contributed by atoms with Crippen LogP contribution in [0.2, 0.25) is 0 Å². The second-order valence-corrected chi connectivity index (χ2v) is 7.55. The Labute approximate surface area is 196 Å². The lowest BCUT2D eigenvalue weighted by molar-refractivity contribution is 0.0965. The number of aryl methyl sites for hydroxylation is 1. The number of amides is 3. The molecule has 2 aromatic heterocycles. The Balaban J connectivity index is 1.69. The Morgan fingerprint density at radius 3 is 2.65 bits per heavy atom. The molecule has 1 aliphatic heterocycles. The SMILES string of the molecule is C=CNC(=O)c1nnc(NC(=O)N2CCCC2)cc1Nc1cccc(-c2ncn(C)n2)c1OC. The Hall–Kier alpha value is -4.48. The molecule has 0 spiro atoms. The molecule has 4 rings (SSSR count). The molecule has 0 unspecified atom stereocenters. The predicted octanol–water partition coefficient (Wildman–Crippen LogP) is 2.53. The van der Waals surface area contributed by atoms with Crippen molar-refractivity contribution in [1.82, 2.24) is 35.2 Å². The van der Waals surface area contributed by atoms with Gasteiger partial charge in [0.15, 0.2) is 23.1 Å². The van der Waals surface area contributed by atoms with Crippen molar-refractivity contribution < 1.29 is 14.3 Å². The summed E-state index contributed by atoms with van der Waals surface area (Å²) in [6.45, 7) is 4.90. The van der Waals surface area contributed by atoms with E-state index in [-0.39, 0.29) is 17.5 Å². The molecular weight excluding hydrogens is 438 g/mol. The molecule has 1 fully saturated rings. The van der Waals surface area contributed by atoms with E-state index in [0.29, 0.717) is 41.6 Å². The van der Waals surface area contributed by atoms with Crippen molar-refractivity contribution in [3.8, 4) is 17.1 Å². The van der Waals surface area contributed by atoms with Crippen LogP contribution in [-0.4, -0.2) is 62.0 Å². The predicted molar refractivity (Wildman–Crippen MR) is 126 cm³/mol. The van der Waals surface area contributed by atoms with Crippen molar-refractivity contribution in [2.24, 2.45) is 7.05 Å². The van der Waals surface area contributed by atoms with E-state index >= 15 is 0 Å². The standard InChI is InChI=1S/C22H25N9O3/c1-4-23-21(32)18-16(12-17(27-28-18)26-22(33)31-10-5-6-11-31)25-15-9-7-8-14(19(15)34-3)20-24-13-30(2)29-20/h4,7-9,12-13H,1,5-6,10-11H2,2-3H3,(H,23,32)(H2,25,26,27,33). The maximum Gasteiger partial charge on any atom is 0.323 e. The highest BCUT2D eigenvalue weighted by Crippen LogP contribution is 2.37. The van der Waals surface area contributed by atoms with E-state index in [2.05, 4.69) is 42.8 Å². The molecule has 12 nitrogen and oxygen atoms in total. The Morgan fingerprint density at radius 1 is 1.18 bits per heavy atom. The van der Waals surface area contributed by atoms with Crippen LogP contribution in [-0.2, 0) is 7.05 Å². The normalized spacial score (nSPS) is 12.8. The number of nitrogens with zero attached hydrogens (tertiary/aromatic N) is 6. The summed E-state index contributed by atoms with van der Waals surface area (Å²) in [5, 5.41) is 20.8. The number of ether oxygens (including phenoxy) is 1. The van der Waals surface area contributed by atoms with Gasteiger partial charge in [-0.2, -0.15) is 5.10 Å². The zero-order valence-electron chi connectivity index (χ0n) is 18.9. The molecule has 12 heteroatoms. The van der Waals surface area contributed by atoms with Crippen LogP contribution in [0.3, 0.4) is 0 Å². The van der Waals surface area contributed by atoms with E-state index in [9.17, 15) is 9.59 Å². The first-order chi connectivity index (χ1) is 16.5. The first-order valence-corrected chi connectivity index (χ1v) is 10.7. The van der Waals surface area contributed by atoms with E-state index in [1.165, 1.54) is 13.3 Å². The number of carbonyl (C=O) groups is 2. The van der Waals surface area contributed by atoms with Gasteiger partial charge in [0.05, 0.1) is 24.0 Å². The Kier molecular flexibility index (Phi) is 6.67. The minimum Gasteiger partial charge on any atom is -0.494 e. The fourth-order valence-electron chi connectivity index (χ4n) is 3.62. The van der Waals surface area contributed by atoms with Gasteiger partial charge in [-0.05, 0) is 31.2 Å². The smallest absolute Gasteiger partial charge is 0.323 e. The summed E-state index contributed by atoms with van der Waals surface area (Å²) in [5.41, 5.74) is 1.54. The van der Waals surface area contributed by atoms with Gasteiger partial charge in [-0.1, -0.05) is 12.6 Å². The number of para-hydroxylation sites is 1. The van der Waals surface area contributed by atoms with Crippen molar-refractivity contribution >= 4 is 29.1 Å². The Bertz CT molecular complexity index is 1220. The highest BCUT2D eigenvalue weighted by atomic mass is 16.5. The highest BCUT2D eigenvalue weighted by Gasteiger charge is 2.22. The van der Waals surface area contributed by atoms with Gasteiger partial charge in [0.25, 0.3) is 5.91 Å². The zero-order valence-corrected chi connectivity index (χ0v) is 18.9. The van der Waals surface area contributed by atoms with Crippen LogP contribution in [0.4, 0.5) is 22.0 Å². The van der Waals surface area contributed by atoms with Gasteiger partial charge >= 0.3 is 6.03 Å². The molecule has 0 aliphatic carbocycles. The highest BCUT2D eigenvalue weighted by molar-refractivity contribution is 6.00. The van der Waals surface area contributed by atoms with Gasteiger partial charge in [-0.25, -0.2) is 9.78 Å². The van der Waals surface area contributed by atoms with Crippen LogP contribution in [0.25, 0.3) is 11.4 Å². The lowest BCUT2D eigenvalue weighted by Gasteiger charge is -2.18. The average Bonchev–Trinajstić information content (AvgIpc) is 3.51. The van der Waals surface area contributed by atoms with Crippen LogP contribution >= 0.6 is 0 Å². The zero-order chi connectivity index (χ0) is 24.1. The van der Waals surface area contributed by atoms with E-state index in [4.69, 9.17) is 4.74 Å². The number of aromatic nitrogens is 5. The number of urea groups is 1. The molecule has 0 bridgehead atoms. The molecule has 0 atom stereocenters. The van der Waals surface area contributed by atoms with Crippen LogP contribution in [0.1, 0.15) is 23.3 Å². The largest absolute Gasteiger partial charge is 0.494 e. The molecule has 0 saturated carbocycles. The monoisotopic (exact) mass is 463 g/mol. The first-order valence-electron chi connectivity index (χ1n) is 10.7. The molecule has 34 heavy (non-hydrogen) atoms. The molecule has 1 aromatic carbocycles. The number of methoxy groups -OCH3 is 1. The van der Waals surface area contributed by atoms with E-state index in [1.807, 2.05) is 12.1 Å². The van der Waals surface area contributed by atoms with Crippen LogP contribution in [0.5, 0.6) is 5.75 Å². The van der Waals surface area contributed by atoms with Gasteiger partial charge < -0.3 is 20.3 Å². The van der Waals surface area contributed by atoms with Crippen molar-refractivity contribution in [3.63, 3.8) is 0 Å². The summed E-state index contributed by atoms with van der Waals surface area (Å²) in [7, 11) is 3.31. The minimum atomic E-state index is -0.510. The van der Waals surface area contributed by atoms with Crippen LogP contribution < -0.4 is 20.7 Å². The van der Waals surface area contributed by atoms with Gasteiger partial charge in [-0.3, -0.25) is 14.8 Å². The van der Waals surface area contributed by atoms with E-state index in [0.717, 1.165) is 12.8 Å². The quantitative estimate of drug-likeness (QED) is 0.486. The summed E-state index contributed by atoms with van der Waals surface area (Å²) in [4.78, 5) is 31.1. The molecule has 3 N–H and O–H groups in total. The number of nitrogens with one attached hydrogen (secondary N) is 3.